The summed E-state index contributed by atoms with van der Waals surface area (Å²) in [5.41, 5.74) is 4.78. The lowest BCUT2D eigenvalue weighted by molar-refractivity contribution is 0.0693. The van der Waals surface area contributed by atoms with Gasteiger partial charge >= 0.3 is 0 Å². The predicted octanol–water partition coefficient (Wildman–Crippen LogP) is 3.43. The van der Waals surface area contributed by atoms with Gasteiger partial charge in [0.2, 0.25) is 0 Å². The average Bonchev–Trinajstić information content (AvgIpc) is 2.91. The Kier molecular flexibility index (Phi) is 8.73. The van der Waals surface area contributed by atoms with Crippen molar-refractivity contribution in [3.8, 4) is 5.75 Å². The first-order valence-corrected chi connectivity index (χ1v) is 11.4. The van der Waals surface area contributed by atoms with Crippen LogP contribution in [-0.2, 0) is 19.6 Å². The van der Waals surface area contributed by atoms with Crippen LogP contribution < -0.4 is 10.1 Å². The van der Waals surface area contributed by atoms with E-state index in [9.17, 15) is 5.11 Å². The number of nitrogens with one attached hydrogen (secondary N) is 1. The molecule has 6 heteroatoms. The number of aryl methyl sites for hydroxylation is 2. The molecule has 2 heterocycles. The zero-order valence-corrected chi connectivity index (χ0v) is 18.9. The Labute approximate surface area is 181 Å². The summed E-state index contributed by atoms with van der Waals surface area (Å²) in [7, 11) is 0. The van der Waals surface area contributed by atoms with Gasteiger partial charge in [0.15, 0.2) is 0 Å². The van der Waals surface area contributed by atoms with Crippen molar-refractivity contribution in [2.45, 2.75) is 72.2 Å². The van der Waals surface area contributed by atoms with Crippen molar-refractivity contribution in [2.75, 3.05) is 26.2 Å². The van der Waals surface area contributed by atoms with Crippen LogP contribution in [0.3, 0.4) is 0 Å². The second-order valence-electron chi connectivity index (χ2n) is 8.40. The van der Waals surface area contributed by atoms with E-state index in [2.05, 4.69) is 52.9 Å². The van der Waals surface area contributed by atoms with Gasteiger partial charge in [-0.05, 0) is 64.4 Å². The zero-order chi connectivity index (χ0) is 21.3. The Morgan fingerprint density at radius 3 is 2.60 bits per heavy atom. The number of hydrogen-bond donors (Lipinski definition) is 2. The quantitative estimate of drug-likeness (QED) is 0.624. The zero-order valence-electron chi connectivity index (χ0n) is 18.9. The molecule has 1 aromatic heterocycles. The van der Waals surface area contributed by atoms with E-state index in [-0.39, 0.29) is 0 Å². The van der Waals surface area contributed by atoms with Crippen LogP contribution in [-0.4, -0.2) is 52.1 Å². The van der Waals surface area contributed by atoms with Gasteiger partial charge in [-0.3, -0.25) is 4.68 Å². The normalized spacial score (nSPS) is 16.4. The number of aliphatic hydroxyl groups excluding tert-OH is 1. The Morgan fingerprint density at radius 1 is 1.13 bits per heavy atom. The van der Waals surface area contributed by atoms with Crippen LogP contribution >= 0.6 is 0 Å². The van der Waals surface area contributed by atoms with E-state index in [0.717, 1.165) is 44.2 Å². The average molecular weight is 415 g/mol. The Bertz CT molecular complexity index is 782. The van der Waals surface area contributed by atoms with Gasteiger partial charge in [-0.1, -0.05) is 25.0 Å². The summed E-state index contributed by atoms with van der Waals surface area (Å²) in [4.78, 5) is 2.37. The lowest BCUT2D eigenvalue weighted by atomic mass is 10.1. The number of rotatable bonds is 10. The van der Waals surface area contributed by atoms with Crippen LogP contribution in [0.15, 0.2) is 24.3 Å². The molecule has 6 nitrogen and oxygen atoms in total. The minimum absolute atomic E-state index is 0.335. The Hall–Kier alpha value is -1.89. The van der Waals surface area contributed by atoms with E-state index >= 15 is 0 Å². The van der Waals surface area contributed by atoms with Gasteiger partial charge in [0.1, 0.15) is 18.5 Å². The fourth-order valence-electron chi connectivity index (χ4n) is 4.24. The lowest BCUT2D eigenvalue weighted by Crippen LogP contribution is -2.36. The van der Waals surface area contributed by atoms with Crippen LogP contribution in [0.5, 0.6) is 5.75 Å². The lowest BCUT2D eigenvalue weighted by Gasteiger charge is -2.23. The Balaban J connectivity index is 1.44. The molecule has 1 aliphatic rings. The summed E-state index contributed by atoms with van der Waals surface area (Å²) < 4.78 is 7.94. The smallest absolute Gasteiger partial charge is 0.119 e. The largest absolute Gasteiger partial charge is 0.491 e. The van der Waals surface area contributed by atoms with E-state index in [1.165, 1.54) is 42.5 Å². The van der Waals surface area contributed by atoms with Crippen molar-refractivity contribution in [3.05, 3.63) is 46.8 Å². The number of aliphatic hydroxyl groups is 1. The molecule has 1 saturated heterocycles. The first kappa shape index (κ1) is 22.8. The van der Waals surface area contributed by atoms with Gasteiger partial charge in [0, 0.05) is 37.4 Å². The number of β-amino-alcohol motifs (C(OH)–C–C–N with tert-alkyl or cyclic N) is 1. The van der Waals surface area contributed by atoms with Crippen molar-refractivity contribution in [1.82, 2.24) is 20.0 Å². The third kappa shape index (κ3) is 6.56. The predicted molar refractivity (Wildman–Crippen MR) is 121 cm³/mol. The minimum atomic E-state index is -0.453. The number of likely N-dealkylation sites (tertiary alicyclic amines) is 1. The highest BCUT2D eigenvalue weighted by atomic mass is 16.5. The molecule has 1 unspecified atom stereocenters. The fraction of sp³-hybridized carbons (Fsp3) is 0.625. The minimum Gasteiger partial charge on any atom is -0.491 e. The molecule has 0 aliphatic carbocycles. The number of benzene rings is 1. The molecule has 1 fully saturated rings. The topological polar surface area (TPSA) is 62.6 Å². The number of aromatic nitrogens is 2. The summed E-state index contributed by atoms with van der Waals surface area (Å²) in [6.45, 7) is 12.0. The summed E-state index contributed by atoms with van der Waals surface area (Å²) in [5, 5.41) is 18.5. The highest BCUT2D eigenvalue weighted by Gasteiger charge is 2.14. The molecule has 1 aliphatic heterocycles. The Morgan fingerprint density at radius 2 is 1.90 bits per heavy atom. The number of hydrogen-bond acceptors (Lipinski definition) is 5. The standard InChI is InChI=1S/C24H38N4O2/c1-4-28-20(3)24(19(2)26-28)16-25-15-21-10-9-11-23(14-21)30-18-22(29)17-27-12-7-5-6-8-13-27/h9-11,14,22,25,29H,4-8,12-13,15-18H2,1-3H3. The SMILES string of the molecule is CCn1nc(C)c(CNCc2cccc(OCC(O)CN3CCCCCC3)c2)c1C. The van der Waals surface area contributed by atoms with Gasteiger partial charge in [-0.25, -0.2) is 0 Å². The maximum Gasteiger partial charge on any atom is 0.119 e. The molecule has 3 rings (SSSR count). The van der Waals surface area contributed by atoms with Gasteiger partial charge in [0.05, 0.1) is 5.69 Å². The molecular formula is C24H38N4O2. The van der Waals surface area contributed by atoms with Gasteiger partial charge in [-0.2, -0.15) is 5.10 Å². The van der Waals surface area contributed by atoms with Crippen LogP contribution in [0.1, 0.15) is 55.1 Å². The van der Waals surface area contributed by atoms with Crippen LogP contribution in [0.4, 0.5) is 0 Å². The molecular weight excluding hydrogens is 376 g/mol. The summed E-state index contributed by atoms with van der Waals surface area (Å²) in [5.74, 6) is 0.815. The monoisotopic (exact) mass is 414 g/mol. The van der Waals surface area contributed by atoms with Crippen molar-refractivity contribution in [1.29, 1.82) is 0 Å². The van der Waals surface area contributed by atoms with Gasteiger partial charge in [-0.15, -0.1) is 0 Å². The maximum atomic E-state index is 10.4. The van der Waals surface area contributed by atoms with Crippen molar-refractivity contribution >= 4 is 0 Å². The van der Waals surface area contributed by atoms with E-state index in [1.807, 2.05) is 12.1 Å². The fourth-order valence-corrected chi connectivity index (χ4v) is 4.24. The molecule has 0 bridgehead atoms. The molecule has 30 heavy (non-hydrogen) atoms. The third-order valence-electron chi connectivity index (χ3n) is 5.97. The molecule has 1 aromatic carbocycles. The van der Waals surface area contributed by atoms with E-state index in [1.54, 1.807) is 0 Å². The van der Waals surface area contributed by atoms with Gasteiger partial charge in [0.25, 0.3) is 0 Å². The molecule has 2 aromatic rings. The summed E-state index contributed by atoms with van der Waals surface area (Å²) in [6.07, 6.45) is 4.64. The van der Waals surface area contributed by atoms with E-state index in [4.69, 9.17) is 4.74 Å². The summed E-state index contributed by atoms with van der Waals surface area (Å²) in [6, 6.07) is 8.13. The number of nitrogens with zero attached hydrogens (tertiary/aromatic N) is 3. The molecule has 2 N–H and O–H groups in total. The van der Waals surface area contributed by atoms with Crippen LogP contribution in [0.25, 0.3) is 0 Å². The van der Waals surface area contributed by atoms with Crippen molar-refractivity contribution in [3.63, 3.8) is 0 Å². The molecule has 0 radical (unpaired) electrons. The van der Waals surface area contributed by atoms with Crippen molar-refractivity contribution < 1.29 is 9.84 Å². The van der Waals surface area contributed by atoms with E-state index < -0.39 is 6.10 Å². The highest BCUT2D eigenvalue weighted by Crippen LogP contribution is 2.16. The maximum absolute atomic E-state index is 10.4. The summed E-state index contributed by atoms with van der Waals surface area (Å²) >= 11 is 0. The molecule has 166 valence electrons. The van der Waals surface area contributed by atoms with E-state index in [0.29, 0.717) is 13.2 Å². The highest BCUT2D eigenvalue weighted by molar-refractivity contribution is 5.29. The molecule has 0 spiro atoms. The van der Waals surface area contributed by atoms with Crippen molar-refractivity contribution in [2.24, 2.45) is 0 Å². The van der Waals surface area contributed by atoms with Gasteiger partial charge < -0.3 is 20.1 Å². The molecule has 1 atom stereocenters. The first-order chi connectivity index (χ1) is 14.6. The molecule has 0 amide bonds. The second kappa shape index (κ2) is 11.5. The van der Waals surface area contributed by atoms with Crippen LogP contribution in [0, 0.1) is 13.8 Å². The number of ether oxygens (including phenoxy) is 1. The third-order valence-corrected chi connectivity index (χ3v) is 5.97. The first-order valence-electron chi connectivity index (χ1n) is 11.4. The second-order valence-corrected chi connectivity index (χ2v) is 8.40. The molecule has 0 saturated carbocycles. The van der Waals surface area contributed by atoms with Crippen LogP contribution in [0.2, 0.25) is 0 Å².